The smallest absolute Gasteiger partial charge is 0.210 e. The van der Waals surface area contributed by atoms with Gasteiger partial charge in [0, 0.05) is 11.3 Å². The van der Waals surface area contributed by atoms with Gasteiger partial charge >= 0.3 is 0 Å². The molecule has 0 spiro atoms. The lowest BCUT2D eigenvalue weighted by atomic mass is 10.2. The number of hydrogen-bond acceptors (Lipinski definition) is 6. The van der Waals surface area contributed by atoms with Gasteiger partial charge in [0.05, 0.1) is 17.2 Å². The molecule has 146 valence electrons. The minimum atomic E-state index is 0.477. The molecule has 0 aliphatic heterocycles. The van der Waals surface area contributed by atoms with Crippen molar-refractivity contribution < 1.29 is 9.47 Å². The Morgan fingerprint density at radius 2 is 1.62 bits per heavy atom. The molecule has 5 nitrogen and oxygen atoms in total. The van der Waals surface area contributed by atoms with Crippen LogP contribution in [-0.2, 0) is 0 Å². The Balaban J connectivity index is 1.50. The first-order valence-corrected chi connectivity index (χ1v) is 10.2. The number of hydrogen-bond donors (Lipinski definition) is 1. The van der Waals surface area contributed by atoms with Crippen LogP contribution < -0.4 is 14.8 Å². The van der Waals surface area contributed by atoms with Gasteiger partial charge in [-0.05, 0) is 54.6 Å². The van der Waals surface area contributed by atoms with Gasteiger partial charge < -0.3 is 14.8 Å². The van der Waals surface area contributed by atoms with Crippen LogP contribution in [0.4, 0.5) is 10.8 Å². The van der Waals surface area contributed by atoms with Crippen LogP contribution in [-0.4, -0.2) is 17.3 Å². The Kier molecular flexibility index (Phi) is 5.85. The second-order valence-corrected chi connectivity index (χ2v) is 7.76. The summed E-state index contributed by atoms with van der Waals surface area (Å²) in [6.07, 6.45) is 0. The minimum Gasteiger partial charge on any atom is -0.497 e. The summed E-state index contributed by atoms with van der Waals surface area (Å²) in [7, 11) is 1.63. The predicted molar refractivity (Wildman–Crippen MR) is 118 cm³/mol. The highest BCUT2D eigenvalue weighted by molar-refractivity contribution is 7.18. The van der Waals surface area contributed by atoms with Gasteiger partial charge in [-0.15, -0.1) is 10.2 Å². The van der Waals surface area contributed by atoms with E-state index in [-0.39, 0.29) is 0 Å². The zero-order chi connectivity index (χ0) is 20.2. The van der Waals surface area contributed by atoms with Crippen molar-refractivity contribution >= 4 is 45.4 Å². The fourth-order valence-electron chi connectivity index (χ4n) is 2.56. The average molecular weight is 444 g/mol. The Morgan fingerprint density at radius 3 is 2.38 bits per heavy atom. The van der Waals surface area contributed by atoms with Crippen molar-refractivity contribution in [3.05, 3.63) is 76.8 Å². The summed E-state index contributed by atoms with van der Waals surface area (Å²) in [6.45, 7) is 0. The maximum Gasteiger partial charge on any atom is 0.210 e. The third kappa shape index (κ3) is 4.79. The van der Waals surface area contributed by atoms with Gasteiger partial charge in [-0.1, -0.05) is 46.7 Å². The van der Waals surface area contributed by atoms with Crippen molar-refractivity contribution in [2.75, 3.05) is 12.4 Å². The molecule has 4 rings (SSSR count). The lowest BCUT2D eigenvalue weighted by Crippen LogP contribution is -1.89. The van der Waals surface area contributed by atoms with E-state index >= 15 is 0 Å². The van der Waals surface area contributed by atoms with Crippen molar-refractivity contribution in [1.82, 2.24) is 10.2 Å². The molecule has 0 atom stereocenters. The highest BCUT2D eigenvalue weighted by Gasteiger charge is 2.09. The lowest BCUT2D eigenvalue weighted by Gasteiger charge is -2.07. The van der Waals surface area contributed by atoms with Crippen molar-refractivity contribution in [3.8, 4) is 27.8 Å². The van der Waals surface area contributed by atoms with E-state index in [0.717, 1.165) is 27.8 Å². The van der Waals surface area contributed by atoms with Crippen LogP contribution in [0.3, 0.4) is 0 Å². The quantitative estimate of drug-likeness (QED) is 0.345. The molecule has 0 aliphatic rings. The van der Waals surface area contributed by atoms with Gasteiger partial charge in [0.2, 0.25) is 5.13 Å². The van der Waals surface area contributed by atoms with Gasteiger partial charge in [0.15, 0.2) is 0 Å². The summed E-state index contributed by atoms with van der Waals surface area (Å²) < 4.78 is 11.1. The average Bonchev–Trinajstić information content (AvgIpc) is 3.20. The SMILES string of the molecule is COc1ccc(Oc2cccc(-c3nnc(Nc4ccc(Cl)c(Cl)c4)s3)c2)cc1. The zero-order valence-corrected chi connectivity index (χ0v) is 17.6. The Hall–Kier alpha value is -2.80. The van der Waals surface area contributed by atoms with E-state index in [0.29, 0.717) is 20.9 Å². The highest BCUT2D eigenvalue weighted by atomic mass is 35.5. The van der Waals surface area contributed by atoms with Crippen molar-refractivity contribution in [1.29, 1.82) is 0 Å². The largest absolute Gasteiger partial charge is 0.497 e. The molecule has 0 unspecified atom stereocenters. The number of rotatable bonds is 6. The van der Waals surface area contributed by atoms with Crippen LogP contribution in [0.5, 0.6) is 17.2 Å². The molecule has 0 aliphatic carbocycles. The topological polar surface area (TPSA) is 56.3 Å². The molecule has 0 bridgehead atoms. The van der Waals surface area contributed by atoms with E-state index < -0.39 is 0 Å². The van der Waals surface area contributed by atoms with E-state index in [2.05, 4.69) is 15.5 Å². The molecule has 4 aromatic rings. The lowest BCUT2D eigenvalue weighted by molar-refractivity contribution is 0.413. The first-order chi connectivity index (χ1) is 14.1. The summed E-state index contributed by atoms with van der Waals surface area (Å²) in [6, 6.07) is 20.4. The number of ether oxygens (including phenoxy) is 2. The Labute approximate surface area is 181 Å². The molecule has 0 saturated heterocycles. The number of benzene rings is 3. The maximum atomic E-state index is 6.06. The number of nitrogens with one attached hydrogen (secondary N) is 1. The number of nitrogens with zero attached hydrogens (tertiary/aromatic N) is 2. The summed E-state index contributed by atoms with van der Waals surface area (Å²) in [4.78, 5) is 0. The first-order valence-electron chi connectivity index (χ1n) is 8.58. The fraction of sp³-hybridized carbons (Fsp3) is 0.0476. The number of halogens is 2. The molecule has 0 fully saturated rings. The molecular weight excluding hydrogens is 429 g/mol. The fourth-order valence-corrected chi connectivity index (χ4v) is 3.62. The normalized spacial score (nSPS) is 10.6. The third-order valence-electron chi connectivity index (χ3n) is 3.97. The Morgan fingerprint density at radius 1 is 0.828 bits per heavy atom. The van der Waals surface area contributed by atoms with Gasteiger partial charge in [-0.3, -0.25) is 0 Å². The number of anilines is 2. The van der Waals surface area contributed by atoms with E-state index in [4.69, 9.17) is 32.7 Å². The van der Waals surface area contributed by atoms with E-state index in [1.54, 1.807) is 19.2 Å². The Bertz CT molecular complexity index is 1130. The second-order valence-electron chi connectivity index (χ2n) is 5.97. The molecule has 1 aromatic heterocycles. The molecule has 0 amide bonds. The second kappa shape index (κ2) is 8.69. The summed E-state index contributed by atoms with van der Waals surface area (Å²) in [5, 5.41) is 14.1. The maximum absolute atomic E-state index is 6.06. The monoisotopic (exact) mass is 443 g/mol. The number of methoxy groups -OCH3 is 1. The van der Waals surface area contributed by atoms with Gasteiger partial charge in [0.1, 0.15) is 22.3 Å². The molecule has 0 radical (unpaired) electrons. The van der Waals surface area contributed by atoms with E-state index in [1.807, 2.05) is 54.6 Å². The van der Waals surface area contributed by atoms with Crippen LogP contribution in [0, 0.1) is 0 Å². The zero-order valence-electron chi connectivity index (χ0n) is 15.2. The summed E-state index contributed by atoms with van der Waals surface area (Å²) >= 11 is 13.4. The number of aromatic nitrogens is 2. The highest BCUT2D eigenvalue weighted by Crippen LogP contribution is 2.33. The van der Waals surface area contributed by atoms with Crippen molar-refractivity contribution in [3.63, 3.8) is 0 Å². The van der Waals surface area contributed by atoms with Crippen LogP contribution in [0.2, 0.25) is 10.0 Å². The molecule has 1 N–H and O–H groups in total. The van der Waals surface area contributed by atoms with Crippen molar-refractivity contribution in [2.45, 2.75) is 0 Å². The van der Waals surface area contributed by atoms with Gasteiger partial charge in [-0.25, -0.2) is 0 Å². The van der Waals surface area contributed by atoms with Crippen molar-refractivity contribution in [2.24, 2.45) is 0 Å². The van der Waals surface area contributed by atoms with Crippen LogP contribution in [0.15, 0.2) is 66.7 Å². The first kappa shape index (κ1) is 19.5. The summed E-state index contributed by atoms with van der Waals surface area (Å²) in [5.41, 5.74) is 1.70. The predicted octanol–water partition coefficient (Wildman–Crippen LogP) is 7.06. The molecule has 0 saturated carbocycles. The molecule has 29 heavy (non-hydrogen) atoms. The summed E-state index contributed by atoms with van der Waals surface area (Å²) in [5.74, 6) is 2.21. The van der Waals surface area contributed by atoms with Crippen LogP contribution >= 0.6 is 34.5 Å². The van der Waals surface area contributed by atoms with E-state index in [9.17, 15) is 0 Å². The standard InChI is InChI=1S/C21H15Cl2N3O2S/c1-27-15-6-8-16(9-7-15)28-17-4-2-3-13(11-17)20-25-26-21(29-20)24-14-5-10-18(22)19(23)12-14/h2-12H,1H3,(H,24,26). The van der Waals surface area contributed by atoms with Crippen LogP contribution in [0.1, 0.15) is 0 Å². The van der Waals surface area contributed by atoms with E-state index in [1.165, 1.54) is 11.3 Å². The molecule has 1 heterocycles. The van der Waals surface area contributed by atoms with Gasteiger partial charge in [0.25, 0.3) is 0 Å². The minimum absolute atomic E-state index is 0.477. The molecular formula is C21H15Cl2N3O2S. The third-order valence-corrected chi connectivity index (χ3v) is 5.60. The van der Waals surface area contributed by atoms with Crippen LogP contribution in [0.25, 0.3) is 10.6 Å². The molecule has 8 heteroatoms. The molecule has 3 aromatic carbocycles. The van der Waals surface area contributed by atoms with Gasteiger partial charge in [-0.2, -0.15) is 0 Å².